The van der Waals surface area contributed by atoms with Gasteiger partial charge in [0.05, 0.1) is 23.7 Å². The third-order valence-electron chi connectivity index (χ3n) is 3.08. The van der Waals surface area contributed by atoms with E-state index >= 15 is 0 Å². The van der Waals surface area contributed by atoms with E-state index in [2.05, 4.69) is 0 Å². The molecule has 1 aliphatic rings. The van der Waals surface area contributed by atoms with Crippen molar-refractivity contribution in [1.29, 1.82) is 0 Å². The van der Waals surface area contributed by atoms with Crippen LogP contribution in [0.1, 0.15) is 26.3 Å². The summed E-state index contributed by atoms with van der Waals surface area (Å²) in [6.45, 7) is 0.381. The van der Waals surface area contributed by atoms with Gasteiger partial charge in [-0.1, -0.05) is 12.1 Å². The number of amides is 2. The number of furan rings is 1. The van der Waals surface area contributed by atoms with Crippen molar-refractivity contribution in [1.82, 2.24) is 4.90 Å². The highest BCUT2D eigenvalue weighted by Gasteiger charge is 2.34. The Morgan fingerprint density at radius 3 is 2.22 bits per heavy atom. The molecule has 0 N–H and O–H groups in total. The van der Waals surface area contributed by atoms with E-state index in [1.807, 2.05) is 6.07 Å². The maximum absolute atomic E-state index is 12.0. The van der Waals surface area contributed by atoms with Crippen LogP contribution in [-0.2, 0) is 6.42 Å². The lowest BCUT2D eigenvalue weighted by atomic mass is 10.1. The average molecular weight is 241 g/mol. The van der Waals surface area contributed by atoms with E-state index in [0.29, 0.717) is 24.1 Å². The minimum atomic E-state index is -0.209. The summed E-state index contributed by atoms with van der Waals surface area (Å²) in [5, 5.41) is 0. The van der Waals surface area contributed by atoms with Gasteiger partial charge in [0.15, 0.2) is 0 Å². The summed E-state index contributed by atoms with van der Waals surface area (Å²) in [5.74, 6) is -0.418. The molecule has 0 fully saturated rings. The molecule has 3 rings (SSSR count). The van der Waals surface area contributed by atoms with Crippen molar-refractivity contribution in [3.63, 3.8) is 0 Å². The third kappa shape index (κ3) is 1.62. The van der Waals surface area contributed by atoms with Gasteiger partial charge >= 0.3 is 0 Å². The second-order valence-corrected chi connectivity index (χ2v) is 4.19. The van der Waals surface area contributed by atoms with Gasteiger partial charge in [0.1, 0.15) is 0 Å². The van der Waals surface area contributed by atoms with E-state index in [0.717, 1.165) is 5.56 Å². The Bertz CT molecular complexity index is 566. The summed E-state index contributed by atoms with van der Waals surface area (Å²) in [7, 11) is 0. The first kappa shape index (κ1) is 10.8. The van der Waals surface area contributed by atoms with Crippen LogP contribution in [0, 0.1) is 0 Å². The molecular formula is C14H11NO3. The van der Waals surface area contributed by atoms with Crippen LogP contribution in [0.2, 0.25) is 0 Å². The molecule has 0 bridgehead atoms. The van der Waals surface area contributed by atoms with Crippen molar-refractivity contribution >= 4 is 11.8 Å². The first-order valence-corrected chi connectivity index (χ1v) is 5.73. The minimum Gasteiger partial charge on any atom is -0.472 e. The predicted molar refractivity (Wildman–Crippen MR) is 64.2 cm³/mol. The number of imide groups is 1. The van der Waals surface area contributed by atoms with Crippen LogP contribution in [-0.4, -0.2) is 23.3 Å². The van der Waals surface area contributed by atoms with Crippen LogP contribution < -0.4 is 0 Å². The average Bonchev–Trinajstić information content (AvgIpc) is 2.98. The molecule has 0 radical (unpaired) electrons. The lowest BCUT2D eigenvalue weighted by Crippen LogP contribution is -2.31. The number of fused-ring (bicyclic) bond motifs is 1. The predicted octanol–water partition coefficient (Wildman–Crippen LogP) is 2.12. The van der Waals surface area contributed by atoms with Crippen LogP contribution >= 0.6 is 0 Å². The zero-order chi connectivity index (χ0) is 12.5. The summed E-state index contributed by atoms with van der Waals surface area (Å²) in [6, 6.07) is 8.74. The van der Waals surface area contributed by atoms with Crippen molar-refractivity contribution in [2.45, 2.75) is 6.42 Å². The maximum Gasteiger partial charge on any atom is 0.261 e. The molecule has 4 nitrogen and oxygen atoms in total. The Balaban J connectivity index is 1.80. The molecule has 1 aromatic heterocycles. The van der Waals surface area contributed by atoms with Gasteiger partial charge in [-0.2, -0.15) is 0 Å². The zero-order valence-corrected chi connectivity index (χ0v) is 9.63. The summed E-state index contributed by atoms with van der Waals surface area (Å²) in [4.78, 5) is 25.4. The molecule has 18 heavy (non-hydrogen) atoms. The standard InChI is InChI=1S/C14H11NO3/c16-13-11-3-1-2-4-12(11)14(17)15(13)7-5-10-6-8-18-9-10/h1-4,6,8-9H,5,7H2. The number of benzene rings is 1. The monoisotopic (exact) mass is 241 g/mol. The molecule has 2 amide bonds. The first-order valence-electron chi connectivity index (χ1n) is 5.73. The molecular weight excluding hydrogens is 230 g/mol. The van der Waals surface area contributed by atoms with Crippen molar-refractivity contribution in [2.75, 3.05) is 6.54 Å². The van der Waals surface area contributed by atoms with Crippen LogP contribution in [0.3, 0.4) is 0 Å². The van der Waals surface area contributed by atoms with Crippen LogP contribution in [0.25, 0.3) is 0 Å². The van der Waals surface area contributed by atoms with Crippen molar-refractivity contribution in [3.8, 4) is 0 Å². The number of hydrogen-bond donors (Lipinski definition) is 0. The number of nitrogens with zero attached hydrogens (tertiary/aromatic N) is 1. The van der Waals surface area contributed by atoms with Gasteiger partial charge in [-0.15, -0.1) is 0 Å². The van der Waals surface area contributed by atoms with Gasteiger partial charge in [-0.05, 0) is 30.2 Å². The number of rotatable bonds is 3. The molecule has 2 aromatic rings. The minimum absolute atomic E-state index is 0.209. The second kappa shape index (κ2) is 4.14. The Hall–Kier alpha value is -2.36. The SMILES string of the molecule is O=C1c2ccccc2C(=O)N1CCc1ccoc1. The van der Waals surface area contributed by atoms with E-state index in [4.69, 9.17) is 4.42 Å². The Labute approximate surface area is 104 Å². The second-order valence-electron chi connectivity index (χ2n) is 4.19. The van der Waals surface area contributed by atoms with E-state index in [-0.39, 0.29) is 11.8 Å². The first-order chi connectivity index (χ1) is 8.77. The summed E-state index contributed by atoms with van der Waals surface area (Å²) in [5.41, 5.74) is 1.97. The van der Waals surface area contributed by atoms with Gasteiger partial charge in [-0.25, -0.2) is 0 Å². The van der Waals surface area contributed by atoms with Crippen LogP contribution in [0.4, 0.5) is 0 Å². The molecule has 1 aromatic carbocycles. The highest BCUT2D eigenvalue weighted by molar-refractivity contribution is 6.21. The van der Waals surface area contributed by atoms with Crippen LogP contribution in [0.15, 0.2) is 47.3 Å². The lowest BCUT2D eigenvalue weighted by molar-refractivity contribution is 0.0656. The Kier molecular flexibility index (Phi) is 2.48. The molecule has 90 valence electrons. The molecule has 0 unspecified atom stereocenters. The Morgan fingerprint density at radius 1 is 1.00 bits per heavy atom. The van der Waals surface area contributed by atoms with Gasteiger partial charge < -0.3 is 4.42 Å². The lowest BCUT2D eigenvalue weighted by Gasteiger charge is -2.12. The van der Waals surface area contributed by atoms with Gasteiger partial charge in [0, 0.05) is 6.54 Å². The van der Waals surface area contributed by atoms with E-state index in [9.17, 15) is 9.59 Å². The summed E-state index contributed by atoms with van der Waals surface area (Å²) >= 11 is 0. The van der Waals surface area contributed by atoms with E-state index < -0.39 is 0 Å². The molecule has 4 heteroatoms. The zero-order valence-electron chi connectivity index (χ0n) is 9.63. The van der Waals surface area contributed by atoms with E-state index in [1.165, 1.54) is 4.90 Å². The summed E-state index contributed by atoms with van der Waals surface area (Å²) in [6.07, 6.45) is 3.82. The molecule has 0 saturated heterocycles. The molecule has 0 atom stereocenters. The molecule has 0 saturated carbocycles. The maximum atomic E-state index is 12.0. The van der Waals surface area contributed by atoms with Gasteiger partial charge in [-0.3, -0.25) is 14.5 Å². The smallest absolute Gasteiger partial charge is 0.261 e. The topological polar surface area (TPSA) is 50.5 Å². The van der Waals surface area contributed by atoms with E-state index in [1.54, 1.807) is 36.8 Å². The molecule has 2 heterocycles. The fourth-order valence-corrected chi connectivity index (χ4v) is 2.12. The van der Waals surface area contributed by atoms with Gasteiger partial charge in [0.25, 0.3) is 11.8 Å². The quantitative estimate of drug-likeness (QED) is 0.773. The molecule has 1 aliphatic heterocycles. The fourth-order valence-electron chi connectivity index (χ4n) is 2.12. The normalized spacial score (nSPS) is 14.1. The van der Waals surface area contributed by atoms with Crippen molar-refractivity contribution in [3.05, 3.63) is 59.5 Å². The van der Waals surface area contributed by atoms with Crippen LogP contribution in [0.5, 0.6) is 0 Å². The number of carbonyl (C=O) groups excluding carboxylic acids is 2. The van der Waals surface area contributed by atoms with Crippen molar-refractivity contribution in [2.24, 2.45) is 0 Å². The fraction of sp³-hybridized carbons (Fsp3) is 0.143. The largest absolute Gasteiger partial charge is 0.472 e. The number of carbonyl (C=O) groups is 2. The Morgan fingerprint density at radius 2 is 1.67 bits per heavy atom. The molecule has 0 spiro atoms. The summed E-state index contributed by atoms with van der Waals surface area (Å²) < 4.78 is 4.96. The van der Waals surface area contributed by atoms with Gasteiger partial charge in [0.2, 0.25) is 0 Å². The highest BCUT2D eigenvalue weighted by Crippen LogP contribution is 2.22. The number of hydrogen-bond acceptors (Lipinski definition) is 3. The van der Waals surface area contributed by atoms with Crippen molar-refractivity contribution < 1.29 is 14.0 Å². The highest BCUT2D eigenvalue weighted by atomic mass is 16.3. The molecule has 0 aliphatic carbocycles. The third-order valence-corrected chi connectivity index (χ3v) is 3.08.